The number of hydrogen-bond acceptors (Lipinski definition) is 3. The van der Waals surface area contributed by atoms with Crippen LogP contribution in [0, 0.1) is 0 Å². The van der Waals surface area contributed by atoms with Gasteiger partial charge in [-0.2, -0.15) is 4.98 Å². The standard InChI is InChI=1S/C14H9Cl2N5/c15-8-5-6-12-11(7-8)18-14-19-13(20-21(12)14)17-10-4-2-1-3-9(10)16/h1-7H,(H2,17,18,19,20). The van der Waals surface area contributed by atoms with Gasteiger partial charge in [0.05, 0.1) is 21.7 Å². The van der Waals surface area contributed by atoms with Crippen LogP contribution in [0.5, 0.6) is 0 Å². The number of aromatic nitrogens is 4. The smallest absolute Gasteiger partial charge is 0.253 e. The highest BCUT2D eigenvalue weighted by Crippen LogP contribution is 2.25. The molecule has 0 fully saturated rings. The van der Waals surface area contributed by atoms with Gasteiger partial charge in [0, 0.05) is 5.02 Å². The molecule has 21 heavy (non-hydrogen) atoms. The largest absolute Gasteiger partial charge is 0.323 e. The second-order valence-electron chi connectivity index (χ2n) is 4.56. The summed E-state index contributed by atoms with van der Waals surface area (Å²) in [5.74, 6) is 1.14. The Morgan fingerprint density at radius 3 is 2.76 bits per heavy atom. The zero-order valence-electron chi connectivity index (χ0n) is 10.6. The normalized spacial score (nSPS) is 11.3. The predicted molar refractivity (Wildman–Crippen MR) is 84.6 cm³/mol. The molecule has 104 valence electrons. The number of anilines is 2. The Hall–Kier alpha value is -2.24. The first-order valence-corrected chi connectivity index (χ1v) is 7.01. The highest BCUT2D eigenvalue weighted by Gasteiger charge is 2.10. The lowest BCUT2D eigenvalue weighted by molar-refractivity contribution is 1.01. The molecule has 2 N–H and O–H groups in total. The third-order valence-corrected chi connectivity index (χ3v) is 3.72. The maximum atomic E-state index is 6.12. The molecule has 4 aromatic rings. The van der Waals surface area contributed by atoms with Gasteiger partial charge in [-0.1, -0.05) is 35.3 Å². The van der Waals surface area contributed by atoms with E-state index in [1.54, 1.807) is 10.6 Å². The van der Waals surface area contributed by atoms with Crippen molar-refractivity contribution in [3.05, 3.63) is 52.5 Å². The molecule has 0 radical (unpaired) electrons. The summed E-state index contributed by atoms with van der Waals surface area (Å²) in [4.78, 5) is 8.82. The molecule has 0 saturated carbocycles. The predicted octanol–water partition coefficient (Wildman–Crippen LogP) is 4.26. The monoisotopic (exact) mass is 317 g/mol. The minimum absolute atomic E-state index is 0.571. The van der Waals surface area contributed by atoms with Gasteiger partial charge in [-0.25, -0.2) is 9.50 Å². The Bertz CT molecular complexity index is 956. The second-order valence-corrected chi connectivity index (χ2v) is 5.40. The molecule has 0 saturated heterocycles. The van der Waals surface area contributed by atoms with E-state index < -0.39 is 0 Å². The number of hydrogen-bond donors (Lipinski definition) is 2. The first-order chi connectivity index (χ1) is 10.2. The van der Waals surface area contributed by atoms with E-state index in [1.807, 2.05) is 36.4 Å². The Labute approximate surface area is 129 Å². The van der Waals surface area contributed by atoms with Crippen molar-refractivity contribution in [1.82, 2.24) is 19.6 Å². The number of fused-ring (bicyclic) bond motifs is 3. The number of imidazole rings is 1. The lowest BCUT2D eigenvalue weighted by atomic mass is 10.3. The molecule has 2 heterocycles. The average molecular weight is 318 g/mol. The van der Waals surface area contributed by atoms with Gasteiger partial charge in [-0.15, -0.1) is 0 Å². The van der Waals surface area contributed by atoms with E-state index in [9.17, 15) is 0 Å². The topological polar surface area (TPSA) is 58.0 Å². The number of halogens is 2. The summed E-state index contributed by atoms with van der Waals surface area (Å²) >= 11 is 12.1. The molecule has 0 amide bonds. The van der Waals surface area contributed by atoms with Gasteiger partial charge >= 0.3 is 0 Å². The first-order valence-electron chi connectivity index (χ1n) is 6.26. The zero-order valence-corrected chi connectivity index (χ0v) is 12.2. The number of benzene rings is 2. The zero-order chi connectivity index (χ0) is 14.4. The molecule has 0 atom stereocenters. The molecule has 0 bridgehead atoms. The number of aromatic amines is 1. The highest BCUT2D eigenvalue weighted by atomic mass is 35.5. The van der Waals surface area contributed by atoms with Crippen LogP contribution in [-0.4, -0.2) is 19.6 Å². The molecular formula is C14H9Cl2N5. The molecule has 4 rings (SSSR count). The van der Waals surface area contributed by atoms with Crippen molar-refractivity contribution in [2.24, 2.45) is 0 Å². The van der Waals surface area contributed by atoms with Crippen molar-refractivity contribution in [2.45, 2.75) is 0 Å². The molecular weight excluding hydrogens is 309 g/mol. The van der Waals surface area contributed by atoms with Crippen LogP contribution in [0.3, 0.4) is 0 Å². The lowest BCUT2D eigenvalue weighted by Gasteiger charge is -2.03. The van der Waals surface area contributed by atoms with Crippen LogP contribution in [0.2, 0.25) is 10.0 Å². The van der Waals surface area contributed by atoms with Crippen molar-refractivity contribution >= 4 is 51.6 Å². The van der Waals surface area contributed by atoms with Crippen LogP contribution in [0.4, 0.5) is 11.6 Å². The summed E-state index contributed by atoms with van der Waals surface area (Å²) in [6.07, 6.45) is 0. The number of para-hydroxylation sites is 1. The minimum atomic E-state index is 0.571. The van der Waals surface area contributed by atoms with Crippen LogP contribution in [0.1, 0.15) is 0 Å². The van der Waals surface area contributed by atoms with Crippen molar-refractivity contribution in [3.8, 4) is 0 Å². The second kappa shape index (κ2) is 4.65. The Morgan fingerprint density at radius 1 is 1.05 bits per heavy atom. The van der Waals surface area contributed by atoms with E-state index in [1.165, 1.54) is 0 Å². The van der Waals surface area contributed by atoms with Gasteiger partial charge in [-0.3, -0.25) is 5.10 Å². The molecule has 5 nitrogen and oxygen atoms in total. The summed E-state index contributed by atoms with van der Waals surface area (Å²) in [6.45, 7) is 0. The van der Waals surface area contributed by atoms with Gasteiger partial charge < -0.3 is 5.32 Å². The Kier molecular flexibility index (Phi) is 2.77. The van der Waals surface area contributed by atoms with Crippen molar-refractivity contribution in [1.29, 1.82) is 0 Å². The van der Waals surface area contributed by atoms with E-state index in [0.717, 1.165) is 16.7 Å². The fourth-order valence-corrected chi connectivity index (χ4v) is 2.55. The van der Waals surface area contributed by atoms with Gasteiger partial charge in [0.1, 0.15) is 0 Å². The molecule has 2 aromatic heterocycles. The summed E-state index contributed by atoms with van der Waals surface area (Å²) < 4.78 is 1.80. The molecule has 0 spiro atoms. The fraction of sp³-hybridized carbons (Fsp3) is 0. The molecule has 0 aliphatic carbocycles. The Balaban J connectivity index is 1.79. The van der Waals surface area contributed by atoms with E-state index in [2.05, 4.69) is 20.4 Å². The van der Waals surface area contributed by atoms with Crippen LogP contribution >= 0.6 is 23.2 Å². The molecule has 7 heteroatoms. The molecule has 0 unspecified atom stereocenters. The molecule has 0 aliphatic rings. The average Bonchev–Trinajstić information content (AvgIpc) is 2.97. The maximum Gasteiger partial charge on any atom is 0.253 e. The number of nitrogens with zero attached hydrogens (tertiary/aromatic N) is 3. The summed E-state index contributed by atoms with van der Waals surface area (Å²) in [5, 5.41) is 7.56. The summed E-state index contributed by atoms with van der Waals surface area (Å²) in [5.41, 5.74) is 2.49. The van der Waals surface area contributed by atoms with Crippen LogP contribution in [0.25, 0.3) is 16.8 Å². The lowest BCUT2D eigenvalue weighted by Crippen LogP contribution is -1.94. The summed E-state index contributed by atoms with van der Waals surface area (Å²) in [6, 6.07) is 13.0. The van der Waals surface area contributed by atoms with Gasteiger partial charge in [0.15, 0.2) is 0 Å². The first kappa shape index (κ1) is 12.5. The third kappa shape index (κ3) is 2.11. The molecule has 0 aliphatic heterocycles. The quantitative estimate of drug-likeness (QED) is 0.580. The summed E-state index contributed by atoms with van der Waals surface area (Å²) in [7, 11) is 0. The number of rotatable bonds is 2. The third-order valence-electron chi connectivity index (χ3n) is 3.16. The minimum Gasteiger partial charge on any atom is -0.323 e. The Morgan fingerprint density at radius 2 is 1.90 bits per heavy atom. The highest BCUT2D eigenvalue weighted by molar-refractivity contribution is 6.33. The molecule has 2 aromatic carbocycles. The van der Waals surface area contributed by atoms with E-state index in [-0.39, 0.29) is 0 Å². The number of nitrogens with one attached hydrogen (secondary N) is 2. The fourth-order valence-electron chi connectivity index (χ4n) is 2.20. The van der Waals surface area contributed by atoms with Crippen molar-refractivity contribution in [3.63, 3.8) is 0 Å². The van der Waals surface area contributed by atoms with Gasteiger partial charge in [0.25, 0.3) is 5.78 Å². The van der Waals surface area contributed by atoms with Gasteiger partial charge in [0.2, 0.25) is 5.95 Å². The SMILES string of the molecule is Clc1ccc2c(c1)nc1nc(Nc3ccccc3Cl)[nH]n12. The van der Waals surface area contributed by atoms with E-state index in [0.29, 0.717) is 21.8 Å². The van der Waals surface area contributed by atoms with Crippen LogP contribution in [-0.2, 0) is 0 Å². The van der Waals surface area contributed by atoms with Crippen LogP contribution in [0.15, 0.2) is 42.5 Å². The van der Waals surface area contributed by atoms with Gasteiger partial charge in [-0.05, 0) is 30.3 Å². The van der Waals surface area contributed by atoms with E-state index >= 15 is 0 Å². The van der Waals surface area contributed by atoms with Crippen molar-refractivity contribution in [2.75, 3.05) is 5.32 Å². The number of H-pyrrole nitrogens is 1. The van der Waals surface area contributed by atoms with Crippen molar-refractivity contribution < 1.29 is 0 Å². The van der Waals surface area contributed by atoms with Crippen LogP contribution < -0.4 is 5.32 Å². The maximum absolute atomic E-state index is 6.12. The van der Waals surface area contributed by atoms with E-state index in [4.69, 9.17) is 23.2 Å².